The number of carbonyl (C=O) groups excluding carboxylic acids is 2. The van der Waals surface area contributed by atoms with Gasteiger partial charge in [0.2, 0.25) is 5.91 Å². The third-order valence-electron chi connectivity index (χ3n) is 8.68. The molecule has 3 atom stereocenters. The summed E-state index contributed by atoms with van der Waals surface area (Å²) in [6.45, 7) is 2.81. The number of urea groups is 1. The number of alkyl halides is 3. The minimum Gasteiger partial charge on any atom is -0.396 e. The zero-order valence-electron chi connectivity index (χ0n) is 23.6. The van der Waals surface area contributed by atoms with Crippen LogP contribution in [0.5, 0.6) is 0 Å². The maximum Gasteiger partial charge on any atom is 0.416 e. The molecule has 4 rings (SSSR count). The fourth-order valence-electron chi connectivity index (χ4n) is 6.60. The standard InChI is InChI=1S/C30H38F3N3O5/c1-19-14-21(16-22(15-19)30(31,32)33)25(18-39)34(3)28(41)36-11-10-35-24(26(36)23-7-5-4-6-20(23)2)17-29(8-12-37,9-13-38)27(35)40/h4-7,14-16,24-26,37-39H,8-13,17-18H2,1-3H3/t24-,25?,26-/m0/s1. The first-order valence-corrected chi connectivity index (χ1v) is 13.8. The van der Waals surface area contributed by atoms with Gasteiger partial charge in [-0.05, 0) is 61.9 Å². The summed E-state index contributed by atoms with van der Waals surface area (Å²) < 4.78 is 40.7. The predicted octanol–water partition coefficient (Wildman–Crippen LogP) is 3.82. The van der Waals surface area contributed by atoms with E-state index in [4.69, 9.17) is 0 Å². The number of aryl methyl sites for hydroxylation is 2. The Morgan fingerprint density at radius 3 is 2.32 bits per heavy atom. The molecule has 0 radical (unpaired) electrons. The number of fused-ring (bicyclic) bond motifs is 1. The summed E-state index contributed by atoms with van der Waals surface area (Å²) in [5.74, 6) is -0.155. The Morgan fingerprint density at radius 2 is 1.73 bits per heavy atom. The van der Waals surface area contributed by atoms with Gasteiger partial charge in [-0.1, -0.05) is 35.9 Å². The van der Waals surface area contributed by atoms with Crippen LogP contribution in [0.25, 0.3) is 0 Å². The lowest BCUT2D eigenvalue weighted by molar-refractivity contribution is -0.140. The van der Waals surface area contributed by atoms with Crippen molar-refractivity contribution in [1.29, 1.82) is 0 Å². The number of amides is 3. The maximum absolute atomic E-state index is 14.2. The Morgan fingerprint density at radius 1 is 1.07 bits per heavy atom. The van der Waals surface area contributed by atoms with Crippen molar-refractivity contribution in [3.8, 4) is 0 Å². The van der Waals surface area contributed by atoms with Crippen LogP contribution in [0.15, 0.2) is 42.5 Å². The van der Waals surface area contributed by atoms with Gasteiger partial charge in [-0.15, -0.1) is 0 Å². The van der Waals surface area contributed by atoms with E-state index in [2.05, 4.69) is 0 Å². The Hall–Kier alpha value is -3.15. The molecule has 11 heteroatoms. The average molecular weight is 578 g/mol. The molecule has 2 aliphatic heterocycles. The van der Waals surface area contributed by atoms with Crippen molar-refractivity contribution < 1.29 is 38.1 Å². The molecular weight excluding hydrogens is 539 g/mol. The van der Waals surface area contributed by atoms with E-state index in [0.29, 0.717) is 12.0 Å². The zero-order chi connectivity index (χ0) is 30.1. The summed E-state index contributed by atoms with van der Waals surface area (Å²) >= 11 is 0. The van der Waals surface area contributed by atoms with Crippen LogP contribution < -0.4 is 0 Å². The first-order valence-electron chi connectivity index (χ1n) is 13.8. The molecular formula is C30H38F3N3O5. The SMILES string of the molecule is Cc1cc(C(CO)N(C)C(=O)N2CCN3C(=O)C(CCO)(CCO)C[C@H]3[C@@H]2c2ccccc2C)cc(C(F)(F)F)c1. The van der Waals surface area contributed by atoms with Crippen LogP contribution in [-0.4, -0.2) is 88.0 Å². The first kappa shape index (κ1) is 30.8. The summed E-state index contributed by atoms with van der Waals surface area (Å²) in [6, 6.07) is 8.51. The van der Waals surface area contributed by atoms with Crippen molar-refractivity contribution in [3.05, 3.63) is 70.3 Å². The molecule has 2 heterocycles. The quantitative estimate of drug-likeness (QED) is 0.443. The number of nitrogens with zero attached hydrogens (tertiary/aromatic N) is 3. The van der Waals surface area contributed by atoms with E-state index in [1.54, 1.807) is 9.80 Å². The molecule has 41 heavy (non-hydrogen) atoms. The Kier molecular flexibility index (Phi) is 9.01. The van der Waals surface area contributed by atoms with E-state index in [0.717, 1.165) is 23.3 Å². The minimum absolute atomic E-state index is 0.155. The lowest BCUT2D eigenvalue weighted by atomic mass is 9.77. The average Bonchev–Trinajstić information content (AvgIpc) is 3.19. The Bertz CT molecular complexity index is 1260. The molecule has 2 aromatic carbocycles. The van der Waals surface area contributed by atoms with E-state index < -0.39 is 47.9 Å². The van der Waals surface area contributed by atoms with Crippen molar-refractivity contribution >= 4 is 11.9 Å². The van der Waals surface area contributed by atoms with Gasteiger partial charge in [0, 0.05) is 33.4 Å². The van der Waals surface area contributed by atoms with Gasteiger partial charge in [0.25, 0.3) is 0 Å². The first-order chi connectivity index (χ1) is 19.4. The molecule has 2 saturated heterocycles. The highest BCUT2D eigenvalue weighted by Crippen LogP contribution is 2.49. The van der Waals surface area contributed by atoms with Crippen molar-refractivity contribution in [2.75, 3.05) is 40.0 Å². The number of benzene rings is 2. The van der Waals surface area contributed by atoms with Gasteiger partial charge in [0.1, 0.15) is 0 Å². The molecule has 2 fully saturated rings. The number of piperazine rings is 1. The predicted molar refractivity (Wildman–Crippen MR) is 146 cm³/mol. The fraction of sp³-hybridized carbons (Fsp3) is 0.533. The van der Waals surface area contributed by atoms with E-state index in [-0.39, 0.29) is 50.6 Å². The molecule has 3 amide bonds. The van der Waals surface area contributed by atoms with Crippen LogP contribution in [0.2, 0.25) is 0 Å². The van der Waals surface area contributed by atoms with E-state index in [1.807, 2.05) is 31.2 Å². The summed E-state index contributed by atoms with van der Waals surface area (Å²) in [5.41, 5.74) is 0.448. The monoisotopic (exact) mass is 577 g/mol. The molecule has 1 unspecified atom stereocenters. The van der Waals surface area contributed by atoms with Gasteiger partial charge in [0.05, 0.1) is 35.7 Å². The van der Waals surface area contributed by atoms with Crippen molar-refractivity contribution in [2.24, 2.45) is 5.41 Å². The second kappa shape index (κ2) is 12.0. The number of hydrogen-bond acceptors (Lipinski definition) is 5. The number of hydrogen-bond donors (Lipinski definition) is 3. The van der Waals surface area contributed by atoms with Gasteiger partial charge in [-0.3, -0.25) is 4.79 Å². The van der Waals surface area contributed by atoms with Crippen LogP contribution >= 0.6 is 0 Å². The van der Waals surface area contributed by atoms with Gasteiger partial charge in [0.15, 0.2) is 0 Å². The Labute approximate surface area is 238 Å². The van der Waals surface area contributed by atoms with E-state index >= 15 is 0 Å². The fourth-order valence-corrected chi connectivity index (χ4v) is 6.60. The highest BCUT2D eigenvalue weighted by Gasteiger charge is 2.56. The minimum atomic E-state index is -4.58. The zero-order valence-corrected chi connectivity index (χ0v) is 23.6. The van der Waals surface area contributed by atoms with Crippen LogP contribution in [0.1, 0.15) is 59.2 Å². The normalized spacial score (nSPS) is 21.1. The number of halogens is 3. The third-order valence-corrected chi connectivity index (χ3v) is 8.68. The van der Waals surface area contributed by atoms with E-state index in [1.165, 1.54) is 24.9 Å². The van der Waals surface area contributed by atoms with Crippen molar-refractivity contribution in [1.82, 2.24) is 14.7 Å². The number of aliphatic hydroxyl groups is 3. The molecule has 3 N–H and O–H groups in total. The largest absolute Gasteiger partial charge is 0.416 e. The molecule has 0 aromatic heterocycles. The van der Waals surface area contributed by atoms with Crippen LogP contribution in [0.3, 0.4) is 0 Å². The summed E-state index contributed by atoms with van der Waals surface area (Å²) in [5, 5.41) is 29.8. The van der Waals surface area contributed by atoms with Gasteiger partial charge in [-0.25, -0.2) is 4.79 Å². The number of aliphatic hydroxyl groups excluding tert-OH is 3. The topological polar surface area (TPSA) is 105 Å². The molecule has 0 aliphatic carbocycles. The van der Waals surface area contributed by atoms with E-state index in [9.17, 15) is 38.1 Å². The second-order valence-electron chi connectivity index (χ2n) is 11.2. The third kappa shape index (κ3) is 5.80. The molecule has 224 valence electrons. The highest BCUT2D eigenvalue weighted by atomic mass is 19.4. The molecule has 2 aromatic rings. The summed E-state index contributed by atoms with van der Waals surface area (Å²) in [6.07, 6.45) is -3.87. The number of carbonyl (C=O) groups is 2. The van der Waals surface area contributed by atoms with Crippen molar-refractivity contribution in [2.45, 2.75) is 57.4 Å². The molecule has 2 aliphatic rings. The lowest BCUT2D eigenvalue weighted by Gasteiger charge is -2.47. The molecule has 0 bridgehead atoms. The van der Waals surface area contributed by atoms with Crippen molar-refractivity contribution in [3.63, 3.8) is 0 Å². The molecule has 0 saturated carbocycles. The van der Waals surface area contributed by atoms with Crippen LogP contribution in [-0.2, 0) is 11.0 Å². The second-order valence-corrected chi connectivity index (χ2v) is 11.2. The van der Waals surface area contributed by atoms with Crippen LogP contribution in [0.4, 0.5) is 18.0 Å². The lowest BCUT2D eigenvalue weighted by Crippen LogP contribution is -2.58. The number of likely N-dealkylation sites (N-methyl/N-ethyl adjacent to an activating group) is 1. The summed E-state index contributed by atoms with van der Waals surface area (Å²) in [4.78, 5) is 32.5. The van der Waals surface area contributed by atoms with Gasteiger partial charge in [-0.2, -0.15) is 13.2 Å². The highest BCUT2D eigenvalue weighted by molar-refractivity contribution is 5.86. The van der Waals surface area contributed by atoms with Gasteiger partial charge >= 0.3 is 12.2 Å². The molecule has 0 spiro atoms. The summed E-state index contributed by atoms with van der Waals surface area (Å²) in [7, 11) is 1.46. The number of rotatable bonds is 8. The van der Waals surface area contributed by atoms with Crippen LogP contribution in [0, 0.1) is 19.3 Å². The van der Waals surface area contributed by atoms with Gasteiger partial charge < -0.3 is 30.0 Å². The molecule has 8 nitrogen and oxygen atoms in total. The maximum atomic E-state index is 14.2. The smallest absolute Gasteiger partial charge is 0.396 e. The Balaban J connectivity index is 1.74.